The van der Waals surface area contributed by atoms with Gasteiger partial charge in [-0.1, -0.05) is 36.8 Å². The molecule has 0 unspecified atom stereocenters. The molecule has 0 saturated heterocycles. The van der Waals surface area contributed by atoms with Crippen molar-refractivity contribution in [2.75, 3.05) is 13.1 Å². The van der Waals surface area contributed by atoms with Crippen LogP contribution in [0.2, 0.25) is 0 Å². The number of carbonyl (C=O) groups is 5. The van der Waals surface area contributed by atoms with E-state index in [1.54, 1.807) is 24.3 Å². The number of nitrogens with zero attached hydrogens (tertiary/aromatic N) is 2. The van der Waals surface area contributed by atoms with Crippen LogP contribution in [0.15, 0.2) is 47.8 Å². The van der Waals surface area contributed by atoms with Crippen LogP contribution in [0, 0.1) is 5.92 Å². The fourth-order valence-electron chi connectivity index (χ4n) is 5.20. The van der Waals surface area contributed by atoms with Gasteiger partial charge in [0.15, 0.2) is 5.96 Å². The minimum absolute atomic E-state index is 0.0191. The first-order chi connectivity index (χ1) is 23.5. The summed E-state index contributed by atoms with van der Waals surface area (Å²) in [5, 5.41) is 10.9. The van der Waals surface area contributed by atoms with E-state index in [-0.39, 0.29) is 37.7 Å². The average molecular weight is 683 g/mol. The summed E-state index contributed by atoms with van der Waals surface area (Å²) in [5.41, 5.74) is 29.4. The van der Waals surface area contributed by atoms with Crippen molar-refractivity contribution in [1.82, 2.24) is 31.2 Å². The predicted molar refractivity (Wildman–Crippen MR) is 183 cm³/mol. The third-order valence-electron chi connectivity index (χ3n) is 8.11. The maximum Gasteiger partial charge on any atom is 0.243 e. The van der Waals surface area contributed by atoms with E-state index < -0.39 is 59.7 Å². The molecule has 0 radical (unpaired) electrons. The largest absolute Gasteiger partial charge is 0.370 e. The first kappa shape index (κ1) is 38.4. The van der Waals surface area contributed by atoms with Gasteiger partial charge in [0.05, 0.1) is 12.4 Å². The zero-order valence-electron chi connectivity index (χ0n) is 27.6. The van der Waals surface area contributed by atoms with Gasteiger partial charge >= 0.3 is 0 Å². The summed E-state index contributed by atoms with van der Waals surface area (Å²) in [7, 11) is 0. The van der Waals surface area contributed by atoms with Crippen LogP contribution in [0.25, 0.3) is 0 Å². The van der Waals surface area contributed by atoms with Gasteiger partial charge in [-0.15, -0.1) is 0 Å². The van der Waals surface area contributed by atoms with Crippen molar-refractivity contribution >= 4 is 35.5 Å². The van der Waals surface area contributed by atoms with E-state index in [1.807, 2.05) is 6.07 Å². The molecule has 17 heteroatoms. The highest BCUT2D eigenvalue weighted by atomic mass is 16.2. The van der Waals surface area contributed by atoms with E-state index in [2.05, 4.69) is 36.2 Å². The zero-order chi connectivity index (χ0) is 35.8. The number of hydrogen-bond acceptors (Lipinski definition) is 9. The summed E-state index contributed by atoms with van der Waals surface area (Å²) in [6, 6.07) is 3.98. The van der Waals surface area contributed by atoms with Crippen molar-refractivity contribution in [3.8, 4) is 0 Å². The molecule has 1 fully saturated rings. The standard InChI is InChI=1S/C32H50N12O5/c33-13-5-4-9-22(34)28(46)41-23(10-6-14-39-32(36)37)29(47)44-26(20-11-12-20)31(49)43-25(16-21-17-38-18-40-21)30(48)42-24(27(35)45)15-19-7-2-1-3-8-19/h1-3,7-8,17-18,20,22-26H,4-6,9-16,33-34H2,(H2,35,45)(H,38,40)(H,41,46)(H,42,48)(H,43,49)(H,44,47)(H4,36,37,39)/t22-,23-,24-,25-,26-/m0/s1. The molecule has 17 nitrogen and oxygen atoms in total. The maximum absolute atomic E-state index is 13.8. The van der Waals surface area contributed by atoms with Crippen LogP contribution < -0.4 is 49.9 Å². The fourth-order valence-corrected chi connectivity index (χ4v) is 5.20. The lowest BCUT2D eigenvalue weighted by atomic mass is 10.0. The first-order valence-electron chi connectivity index (χ1n) is 16.5. The monoisotopic (exact) mass is 682 g/mol. The van der Waals surface area contributed by atoms with E-state index in [1.165, 1.54) is 12.5 Å². The van der Waals surface area contributed by atoms with Crippen LogP contribution in [-0.2, 0) is 36.8 Å². The number of rotatable bonds is 22. The summed E-state index contributed by atoms with van der Waals surface area (Å²) in [4.78, 5) is 77.0. The van der Waals surface area contributed by atoms with Crippen molar-refractivity contribution in [1.29, 1.82) is 0 Å². The minimum Gasteiger partial charge on any atom is -0.370 e. The second-order valence-corrected chi connectivity index (χ2v) is 12.2. The van der Waals surface area contributed by atoms with Crippen molar-refractivity contribution in [3.05, 3.63) is 54.1 Å². The molecule has 1 aromatic heterocycles. The van der Waals surface area contributed by atoms with Crippen molar-refractivity contribution in [2.45, 2.75) is 88.0 Å². The zero-order valence-corrected chi connectivity index (χ0v) is 27.6. The van der Waals surface area contributed by atoms with Gasteiger partial charge in [-0.3, -0.25) is 29.0 Å². The molecule has 1 aliphatic carbocycles. The van der Waals surface area contributed by atoms with Crippen LogP contribution >= 0.6 is 0 Å². The second-order valence-electron chi connectivity index (χ2n) is 12.2. The number of nitrogens with one attached hydrogen (secondary N) is 5. The van der Waals surface area contributed by atoms with Crippen molar-refractivity contribution in [3.63, 3.8) is 0 Å². The Balaban J connectivity index is 1.74. The van der Waals surface area contributed by atoms with Crippen LogP contribution in [0.1, 0.15) is 56.2 Å². The van der Waals surface area contributed by atoms with Crippen molar-refractivity contribution < 1.29 is 24.0 Å². The summed E-state index contributed by atoms with van der Waals surface area (Å²) < 4.78 is 0. The van der Waals surface area contributed by atoms with Gasteiger partial charge in [-0.25, -0.2) is 4.98 Å². The molecule has 0 aliphatic heterocycles. The first-order valence-corrected chi connectivity index (χ1v) is 16.5. The smallest absolute Gasteiger partial charge is 0.243 e. The second kappa shape index (κ2) is 19.7. The number of H-pyrrole nitrogens is 1. The topological polar surface area (TPSA) is 305 Å². The molecule has 1 aliphatic rings. The lowest BCUT2D eigenvalue weighted by molar-refractivity contribution is -0.135. The Kier molecular flexibility index (Phi) is 15.5. The Bertz CT molecular complexity index is 1400. The van der Waals surface area contributed by atoms with Gasteiger partial charge in [-0.05, 0) is 56.6 Å². The summed E-state index contributed by atoms with van der Waals surface area (Å²) in [6.07, 6.45) is 6.73. The van der Waals surface area contributed by atoms with Gasteiger partial charge in [0.2, 0.25) is 29.5 Å². The van der Waals surface area contributed by atoms with E-state index >= 15 is 0 Å². The minimum atomic E-state index is -1.15. The third-order valence-corrected chi connectivity index (χ3v) is 8.11. The van der Waals surface area contributed by atoms with Gasteiger partial charge in [0.1, 0.15) is 24.2 Å². The van der Waals surface area contributed by atoms with Gasteiger partial charge < -0.3 is 54.9 Å². The summed E-state index contributed by atoms with van der Waals surface area (Å²) >= 11 is 0. The molecule has 5 amide bonds. The maximum atomic E-state index is 13.8. The Hall–Kier alpha value is -5.03. The Labute approximate surface area is 285 Å². The van der Waals surface area contributed by atoms with Crippen LogP contribution in [-0.4, -0.2) is 88.8 Å². The molecule has 49 heavy (non-hydrogen) atoms. The summed E-state index contributed by atoms with van der Waals surface area (Å²) in [5.74, 6) is -3.37. The lowest BCUT2D eigenvalue weighted by Gasteiger charge is -2.26. The van der Waals surface area contributed by atoms with Crippen molar-refractivity contribution in [2.24, 2.45) is 39.6 Å². The number of carbonyl (C=O) groups excluding carboxylic acids is 5. The SMILES string of the molecule is NCCCC[C@H](N)C(=O)N[C@@H](CCCN=C(N)N)C(=O)N[C@H](C(=O)N[C@@H](Cc1cnc[nH]1)C(=O)N[C@@H](Cc1ccccc1)C(N)=O)C1CC1. The predicted octanol–water partition coefficient (Wildman–Crippen LogP) is -2.46. The molecular weight excluding hydrogens is 632 g/mol. The molecule has 2 aromatic rings. The molecule has 3 rings (SSSR count). The molecule has 5 atom stereocenters. The fraction of sp³-hybridized carbons (Fsp3) is 0.531. The number of amides is 5. The normalized spacial score (nSPS) is 15.5. The Morgan fingerprint density at radius 3 is 2.10 bits per heavy atom. The quantitative estimate of drug-likeness (QED) is 0.0355. The van der Waals surface area contributed by atoms with Crippen LogP contribution in [0.3, 0.4) is 0 Å². The van der Waals surface area contributed by atoms with Gasteiger partial charge in [0, 0.05) is 31.3 Å². The average Bonchev–Trinajstić information content (AvgIpc) is 3.78. The van der Waals surface area contributed by atoms with Gasteiger partial charge in [0.25, 0.3) is 0 Å². The Morgan fingerprint density at radius 1 is 0.816 bits per heavy atom. The highest BCUT2D eigenvalue weighted by Gasteiger charge is 2.40. The number of guanidine groups is 1. The highest BCUT2D eigenvalue weighted by Crippen LogP contribution is 2.33. The number of aromatic nitrogens is 2. The number of benzene rings is 1. The van der Waals surface area contributed by atoms with Crippen LogP contribution in [0.4, 0.5) is 0 Å². The molecule has 268 valence electrons. The molecule has 0 spiro atoms. The van der Waals surface area contributed by atoms with E-state index in [0.29, 0.717) is 50.8 Å². The molecule has 0 bridgehead atoms. The number of nitrogens with two attached hydrogens (primary N) is 5. The third kappa shape index (κ3) is 13.5. The molecule has 1 saturated carbocycles. The Morgan fingerprint density at radius 2 is 1.49 bits per heavy atom. The lowest BCUT2D eigenvalue weighted by Crippen LogP contribution is -2.59. The number of hydrogen-bond donors (Lipinski definition) is 10. The van der Waals surface area contributed by atoms with Crippen LogP contribution in [0.5, 0.6) is 0 Å². The molecule has 15 N–H and O–H groups in total. The van der Waals surface area contributed by atoms with Gasteiger partial charge in [-0.2, -0.15) is 0 Å². The molecule has 1 heterocycles. The molecular formula is C32H50N12O5. The highest BCUT2D eigenvalue weighted by molar-refractivity contribution is 5.96. The van der Waals surface area contributed by atoms with E-state index in [0.717, 1.165) is 5.56 Å². The van der Waals surface area contributed by atoms with E-state index in [4.69, 9.17) is 28.7 Å². The number of aliphatic imine (C=N–C) groups is 1. The number of primary amides is 1. The number of imidazole rings is 1. The number of unbranched alkanes of at least 4 members (excludes halogenated alkanes) is 1. The van der Waals surface area contributed by atoms with E-state index in [9.17, 15) is 24.0 Å². The molecule has 1 aromatic carbocycles. The summed E-state index contributed by atoms with van der Waals surface area (Å²) in [6.45, 7) is 0.691. The number of aromatic amines is 1.